The molecule has 32 heavy (non-hydrogen) atoms. The number of benzene rings is 2. The Morgan fingerprint density at radius 2 is 1.97 bits per heavy atom. The van der Waals surface area contributed by atoms with Crippen molar-refractivity contribution in [2.75, 3.05) is 13.2 Å². The normalized spacial score (nSPS) is 12.2. The summed E-state index contributed by atoms with van der Waals surface area (Å²) in [5, 5.41) is 10.2. The standard InChI is InChI=1S/C25H25NO6/c1-3-29-22(25(27)28)15-18-9-10-21(19-11-13-31-23(18)19)30-14-12-20-16(2)32-24(26-20)17-7-5-4-6-8-17/h4-11,13,22H,3,12,14-15H2,1-2H3,(H,27,28). The van der Waals surface area contributed by atoms with Crippen molar-refractivity contribution in [2.24, 2.45) is 0 Å². The Labute approximate surface area is 185 Å². The Morgan fingerprint density at radius 1 is 1.16 bits per heavy atom. The van der Waals surface area contributed by atoms with Crippen LogP contribution < -0.4 is 4.74 Å². The molecule has 0 radical (unpaired) electrons. The fraction of sp³-hybridized carbons (Fsp3) is 0.280. The number of carboxylic acids is 1. The van der Waals surface area contributed by atoms with Gasteiger partial charge in [0.15, 0.2) is 6.10 Å². The van der Waals surface area contributed by atoms with Gasteiger partial charge in [0.25, 0.3) is 0 Å². The molecule has 0 spiro atoms. The number of furan rings is 1. The lowest BCUT2D eigenvalue weighted by atomic mass is 10.0. The Morgan fingerprint density at radius 3 is 2.72 bits per heavy atom. The lowest BCUT2D eigenvalue weighted by molar-refractivity contribution is -0.149. The first-order valence-electron chi connectivity index (χ1n) is 10.5. The molecule has 0 aliphatic carbocycles. The molecule has 7 nitrogen and oxygen atoms in total. The summed E-state index contributed by atoms with van der Waals surface area (Å²) < 4.78 is 22.8. The van der Waals surface area contributed by atoms with Crippen LogP contribution in [0.1, 0.15) is 23.9 Å². The number of fused-ring (bicyclic) bond motifs is 1. The first kappa shape index (κ1) is 21.6. The van der Waals surface area contributed by atoms with Crippen LogP contribution in [-0.2, 0) is 22.4 Å². The highest BCUT2D eigenvalue weighted by molar-refractivity contribution is 5.87. The van der Waals surface area contributed by atoms with Crippen LogP contribution in [0.2, 0.25) is 0 Å². The molecular formula is C25H25NO6. The highest BCUT2D eigenvalue weighted by atomic mass is 16.5. The van der Waals surface area contributed by atoms with Crippen molar-refractivity contribution in [1.82, 2.24) is 4.98 Å². The third-order valence-electron chi connectivity index (χ3n) is 5.22. The first-order valence-corrected chi connectivity index (χ1v) is 10.5. The van der Waals surface area contributed by atoms with Crippen LogP contribution in [0.25, 0.3) is 22.4 Å². The van der Waals surface area contributed by atoms with Gasteiger partial charge in [-0.1, -0.05) is 24.3 Å². The van der Waals surface area contributed by atoms with Crippen LogP contribution in [0.5, 0.6) is 5.75 Å². The van der Waals surface area contributed by atoms with Gasteiger partial charge in [-0.2, -0.15) is 0 Å². The molecule has 7 heteroatoms. The molecule has 4 aromatic rings. The second-order valence-corrected chi connectivity index (χ2v) is 7.36. The molecule has 0 saturated carbocycles. The number of oxazole rings is 1. The fourth-order valence-corrected chi connectivity index (χ4v) is 3.62. The molecule has 2 aromatic carbocycles. The van der Waals surface area contributed by atoms with Crippen LogP contribution in [0.4, 0.5) is 0 Å². The lowest BCUT2D eigenvalue weighted by Crippen LogP contribution is -2.26. The van der Waals surface area contributed by atoms with Gasteiger partial charge in [0.1, 0.15) is 17.1 Å². The maximum atomic E-state index is 11.4. The Kier molecular flexibility index (Phi) is 6.56. The van der Waals surface area contributed by atoms with Crippen LogP contribution in [0, 0.1) is 6.92 Å². The van der Waals surface area contributed by atoms with Crippen molar-refractivity contribution in [1.29, 1.82) is 0 Å². The van der Waals surface area contributed by atoms with E-state index in [1.54, 1.807) is 13.2 Å². The van der Waals surface area contributed by atoms with Crippen molar-refractivity contribution >= 4 is 16.9 Å². The summed E-state index contributed by atoms with van der Waals surface area (Å²) in [7, 11) is 0. The first-order chi connectivity index (χ1) is 15.6. The average Bonchev–Trinajstić information content (AvgIpc) is 3.43. The largest absolute Gasteiger partial charge is 0.492 e. The van der Waals surface area contributed by atoms with E-state index in [1.807, 2.05) is 55.5 Å². The van der Waals surface area contributed by atoms with E-state index in [-0.39, 0.29) is 6.42 Å². The molecular weight excluding hydrogens is 410 g/mol. The highest BCUT2D eigenvalue weighted by Crippen LogP contribution is 2.31. The fourth-order valence-electron chi connectivity index (χ4n) is 3.62. The van der Waals surface area contributed by atoms with E-state index in [0.29, 0.717) is 36.9 Å². The molecule has 0 fully saturated rings. The maximum Gasteiger partial charge on any atom is 0.333 e. The minimum absolute atomic E-state index is 0.216. The topological polar surface area (TPSA) is 94.9 Å². The van der Waals surface area contributed by atoms with E-state index in [9.17, 15) is 9.90 Å². The summed E-state index contributed by atoms with van der Waals surface area (Å²) in [4.78, 5) is 16.0. The number of ether oxygens (including phenoxy) is 2. The molecule has 0 saturated heterocycles. The molecule has 2 heterocycles. The van der Waals surface area contributed by atoms with E-state index in [1.165, 1.54) is 0 Å². The number of carboxylic acid groups (broad SMARTS) is 1. The molecule has 0 bridgehead atoms. The molecule has 0 aliphatic rings. The Hall–Kier alpha value is -3.58. The number of aromatic nitrogens is 1. The summed E-state index contributed by atoms with van der Waals surface area (Å²) in [5.74, 6) is 1.05. The van der Waals surface area contributed by atoms with E-state index < -0.39 is 12.1 Å². The monoisotopic (exact) mass is 435 g/mol. The summed E-state index contributed by atoms with van der Waals surface area (Å²) in [6, 6.07) is 15.3. The Bertz CT molecular complexity index is 1190. The minimum Gasteiger partial charge on any atom is -0.492 e. The van der Waals surface area contributed by atoms with Gasteiger partial charge in [-0.25, -0.2) is 9.78 Å². The molecule has 1 unspecified atom stereocenters. The van der Waals surface area contributed by atoms with E-state index in [0.717, 1.165) is 28.0 Å². The van der Waals surface area contributed by atoms with Gasteiger partial charge in [0.05, 0.1) is 24.0 Å². The summed E-state index contributed by atoms with van der Waals surface area (Å²) in [5.41, 5.74) is 3.16. The predicted octanol–water partition coefficient (Wildman–Crippen LogP) is 5.05. The van der Waals surface area contributed by atoms with Crippen molar-refractivity contribution in [3.05, 3.63) is 71.8 Å². The smallest absolute Gasteiger partial charge is 0.333 e. The highest BCUT2D eigenvalue weighted by Gasteiger charge is 2.21. The summed E-state index contributed by atoms with van der Waals surface area (Å²) in [6.07, 6.45) is 1.46. The van der Waals surface area contributed by atoms with Gasteiger partial charge in [0, 0.05) is 25.0 Å². The van der Waals surface area contributed by atoms with Crippen molar-refractivity contribution in [2.45, 2.75) is 32.8 Å². The average molecular weight is 435 g/mol. The summed E-state index contributed by atoms with van der Waals surface area (Å²) in [6.45, 7) is 4.41. The number of carbonyl (C=O) groups is 1. The Balaban J connectivity index is 1.45. The number of nitrogens with zero attached hydrogens (tertiary/aromatic N) is 1. The quantitative estimate of drug-likeness (QED) is 0.372. The van der Waals surface area contributed by atoms with Gasteiger partial charge >= 0.3 is 5.97 Å². The van der Waals surface area contributed by atoms with Gasteiger partial charge < -0.3 is 23.4 Å². The van der Waals surface area contributed by atoms with Gasteiger partial charge in [-0.3, -0.25) is 0 Å². The van der Waals surface area contributed by atoms with Gasteiger partial charge in [0.2, 0.25) is 5.89 Å². The number of hydrogen-bond donors (Lipinski definition) is 1. The number of rotatable bonds is 10. The molecule has 2 aromatic heterocycles. The zero-order valence-electron chi connectivity index (χ0n) is 18.0. The SMILES string of the molecule is CCOC(Cc1ccc(OCCc2nc(-c3ccccc3)oc2C)c2ccoc12)C(=O)O. The molecule has 0 aliphatic heterocycles. The molecule has 1 atom stereocenters. The van der Waals surface area contributed by atoms with E-state index in [4.69, 9.17) is 18.3 Å². The van der Waals surface area contributed by atoms with Crippen LogP contribution in [0.15, 0.2) is 63.6 Å². The number of aliphatic carboxylic acids is 1. The minimum atomic E-state index is -0.996. The van der Waals surface area contributed by atoms with E-state index in [2.05, 4.69) is 4.98 Å². The molecule has 0 amide bonds. The molecule has 166 valence electrons. The maximum absolute atomic E-state index is 11.4. The second-order valence-electron chi connectivity index (χ2n) is 7.36. The summed E-state index contributed by atoms with van der Waals surface area (Å²) >= 11 is 0. The van der Waals surface area contributed by atoms with Crippen LogP contribution in [-0.4, -0.2) is 35.4 Å². The van der Waals surface area contributed by atoms with Crippen molar-refractivity contribution in [3.63, 3.8) is 0 Å². The third-order valence-corrected chi connectivity index (χ3v) is 5.22. The number of hydrogen-bond acceptors (Lipinski definition) is 6. The van der Waals surface area contributed by atoms with Gasteiger partial charge in [-0.05, 0) is 43.7 Å². The van der Waals surface area contributed by atoms with Crippen molar-refractivity contribution < 1.29 is 28.2 Å². The lowest BCUT2D eigenvalue weighted by Gasteiger charge is -2.13. The second kappa shape index (κ2) is 9.70. The van der Waals surface area contributed by atoms with Crippen LogP contribution in [0.3, 0.4) is 0 Å². The molecule has 1 N–H and O–H groups in total. The zero-order chi connectivity index (χ0) is 22.5. The molecule has 4 rings (SSSR count). The third kappa shape index (κ3) is 4.68. The zero-order valence-corrected chi connectivity index (χ0v) is 18.0. The van der Waals surface area contributed by atoms with Crippen LogP contribution >= 0.6 is 0 Å². The van der Waals surface area contributed by atoms with E-state index >= 15 is 0 Å². The van der Waals surface area contributed by atoms with Crippen molar-refractivity contribution in [3.8, 4) is 17.2 Å². The predicted molar refractivity (Wildman–Crippen MR) is 119 cm³/mol. The van der Waals surface area contributed by atoms with Gasteiger partial charge in [-0.15, -0.1) is 0 Å². The number of aryl methyl sites for hydroxylation is 1.